The fourth-order valence-corrected chi connectivity index (χ4v) is 4.67. The van der Waals surface area contributed by atoms with E-state index >= 15 is 0 Å². The standard InChI is InChI=1S/C24H24ClN5O2/c1-15-27-23(28-30(15)22-6-4-3-5-20(22)25)24(31)29-11-9-16(10-12-29)19-14-26-21-8-7-17(32-2)13-18(19)21/h3-8,13-14,16,26H,9-12H2,1-2H3. The zero-order chi connectivity index (χ0) is 22.2. The molecule has 1 amide bonds. The molecule has 0 spiro atoms. The van der Waals surface area contributed by atoms with E-state index < -0.39 is 0 Å². The third kappa shape index (κ3) is 3.62. The highest BCUT2D eigenvalue weighted by molar-refractivity contribution is 6.32. The summed E-state index contributed by atoms with van der Waals surface area (Å²) in [4.78, 5) is 22.7. The second kappa shape index (κ2) is 8.31. The molecule has 1 N–H and O–H groups in total. The minimum atomic E-state index is -0.141. The Morgan fingerprint density at radius 2 is 1.97 bits per heavy atom. The largest absolute Gasteiger partial charge is 0.497 e. The SMILES string of the molecule is COc1ccc2[nH]cc(C3CCN(C(=O)c4nc(C)n(-c5ccccc5Cl)n4)CC3)c2c1. The number of rotatable bonds is 4. The van der Waals surface area contributed by atoms with Crippen molar-refractivity contribution >= 4 is 28.4 Å². The Morgan fingerprint density at radius 1 is 1.19 bits per heavy atom. The van der Waals surface area contributed by atoms with Gasteiger partial charge in [-0.25, -0.2) is 9.67 Å². The van der Waals surface area contributed by atoms with E-state index in [0.29, 0.717) is 35.5 Å². The molecule has 5 rings (SSSR count). The number of aryl methyl sites for hydroxylation is 1. The van der Waals surface area contributed by atoms with Crippen molar-refractivity contribution in [2.24, 2.45) is 0 Å². The van der Waals surface area contributed by atoms with Gasteiger partial charge in [-0.05, 0) is 61.6 Å². The number of para-hydroxylation sites is 1. The van der Waals surface area contributed by atoms with Gasteiger partial charge < -0.3 is 14.6 Å². The molecular formula is C24H24ClN5O2. The summed E-state index contributed by atoms with van der Waals surface area (Å²) in [7, 11) is 1.68. The second-order valence-corrected chi connectivity index (χ2v) is 8.48. The van der Waals surface area contributed by atoms with Crippen molar-refractivity contribution in [3.05, 3.63) is 70.9 Å². The van der Waals surface area contributed by atoms with Crippen LogP contribution in [0.3, 0.4) is 0 Å². The average molecular weight is 450 g/mol. The van der Waals surface area contributed by atoms with Crippen LogP contribution in [0.1, 0.15) is 40.8 Å². The number of carbonyl (C=O) groups excluding carboxylic acids is 1. The fraction of sp³-hybridized carbons (Fsp3) is 0.292. The van der Waals surface area contributed by atoms with Crippen molar-refractivity contribution in [2.45, 2.75) is 25.7 Å². The predicted octanol–water partition coefficient (Wildman–Crippen LogP) is 4.74. The topological polar surface area (TPSA) is 76.0 Å². The highest BCUT2D eigenvalue weighted by atomic mass is 35.5. The van der Waals surface area contributed by atoms with Gasteiger partial charge in [0.25, 0.3) is 5.91 Å². The molecule has 1 fully saturated rings. The summed E-state index contributed by atoms with van der Waals surface area (Å²) in [5.41, 5.74) is 3.10. The third-order valence-corrected chi connectivity index (χ3v) is 6.50. The van der Waals surface area contributed by atoms with Crippen LogP contribution in [-0.2, 0) is 0 Å². The summed E-state index contributed by atoms with van der Waals surface area (Å²) < 4.78 is 7.02. The number of benzene rings is 2. The quantitative estimate of drug-likeness (QED) is 0.488. The predicted molar refractivity (Wildman–Crippen MR) is 124 cm³/mol. The van der Waals surface area contributed by atoms with E-state index in [0.717, 1.165) is 24.1 Å². The van der Waals surface area contributed by atoms with E-state index in [1.807, 2.05) is 42.2 Å². The van der Waals surface area contributed by atoms with Gasteiger partial charge in [-0.2, -0.15) is 0 Å². The summed E-state index contributed by atoms with van der Waals surface area (Å²) in [5.74, 6) is 1.93. The lowest BCUT2D eigenvalue weighted by Crippen LogP contribution is -2.38. The monoisotopic (exact) mass is 449 g/mol. The molecule has 164 valence electrons. The molecule has 32 heavy (non-hydrogen) atoms. The lowest BCUT2D eigenvalue weighted by Gasteiger charge is -2.31. The minimum Gasteiger partial charge on any atom is -0.497 e. The first-order valence-electron chi connectivity index (χ1n) is 10.7. The number of methoxy groups -OCH3 is 1. The Hall–Kier alpha value is -3.32. The van der Waals surface area contributed by atoms with Crippen LogP contribution in [0.5, 0.6) is 5.75 Å². The van der Waals surface area contributed by atoms with Crippen LogP contribution in [0, 0.1) is 6.92 Å². The first kappa shape index (κ1) is 20.6. The average Bonchev–Trinajstić information content (AvgIpc) is 3.42. The summed E-state index contributed by atoms with van der Waals surface area (Å²) in [5, 5.41) is 6.21. The zero-order valence-corrected chi connectivity index (χ0v) is 18.8. The molecule has 1 aliphatic rings. The maximum absolute atomic E-state index is 13.1. The number of nitrogens with one attached hydrogen (secondary N) is 1. The van der Waals surface area contributed by atoms with Gasteiger partial charge in [-0.1, -0.05) is 23.7 Å². The maximum atomic E-state index is 13.1. The number of likely N-dealkylation sites (tertiary alicyclic amines) is 1. The van der Waals surface area contributed by atoms with Crippen molar-refractivity contribution in [2.75, 3.05) is 20.2 Å². The molecule has 0 radical (unpaired) electrons. The van der Waals surface area contributed by atoms with Crippen molar-refractivity contribution in [3.8, 4) is 11.4 Å². The van der Waals surface area contributed by atoms with Crippen molar-refractivity contribution < 1.29 is 9.53 Å². The lowest BCUT2D eigenvalue weighted by atomic mass is 9.89. The molecule has 0 bridgehead atoms. The third-order valence-electron chi connectivity index (χ3n) is 6.18. The van der Waals surface area contributed by atoms with E-state index in [1.54, 1.807) is 17.9 Å². The normalized spacial score (nSPS) is 14.8. The number of piperidine rings is 1. The van der Waals surface area contributed by atoms with Crippen LogP contribution in [0.4, 0.5) is 0 Å². The van der Waals surface area contributed by atoms with E-state index in [1.165, 1.54) is 10.9 Å². The summed E-state index contributed by atoms with van der Waals surface area (Å²) in [6.45, 7) is 3.16. The number of hydrogen-bond acceptors (Lipinski definition) is 4. The number of carbonyl (C=O) groups is 1. The fourth-order valence-electron chi connectivity index (χ4n) is 4.45. The Labute approximate surface area is 191 Å². The number of nitrogens with zero attached hydrogens (tertiary/aromatic N) is 4. The first-order chi connectivity index (χ1) is 15.5. The summed E-state index contributed by atoms with van der Waals surface area (Å²) in [6, 6.07) is 13.5. The molecule has 4 aromatic rings. The number of aromatic nitrogens is 4. The first-order valence-corrected chi connectivity index (χ1v) is 11.1. The number of hydrogen-bond donors (Lipinski definition) is 1. The molecule has 0 unspecified atom stereocenters. The molecule has 7 nitrogen and oxygen atoms in total. The Bertz CT molecular complexity index is 1290. The molecule has 1 aliphatic heterocycles. The molecule has 2 aromatic heterocycles. The van der Waals surface area contributed by atoms with Crippen LogP contribution >= 0.6 is 11.6 Å². The minimum absolute atomic E-state index is 0.141. The Balaban J connectivity index is 1.31. The lowest BCUT2D eigenvalue weighted by molar-refractivity contribution is 0.0701. The molecule has 3 heterocycles. The molecule has 0 saturated carbocycles. The summed E-state index contributed by atoms with van der Waals surface area (Å²) >= 11 is 6.30. The summed E-state index contributed by atoms with van der Waals surface area (Å²) in [6.07, 6.45) is 3.86. The van der Waals surface area contributed by atoms with Crippen molar-refractivity contribution in [3.63, 3.8) is 0 Å². The van der Waals surface area contributed by atoms with E-state index in [2.05, 4.69) is 27.3 Å². The van der Waals surface area contributed by atoms with Gasteiger partial charge >= 0.3 is 0 Å². The van der Waals surface area contributed by atoms with E-state index in [4.69, 9.17) is 16.3 Å². The van der Waals surface area contributed by atoms with Crippen LogP contribution in [0.15, 0.2) is 48.7 Å². The van der Waals surface area contributed by atoms with Gasteiger partial charge in [0.15, 0.2) is 0 Å². The molecule has 0 aliphatic carbocycles. The van der Waals surface area contributed by atoms with Gasteiger partial charge in [-0.3, -0.25) is 4.79 Å². The number of fused-ring (bicyclic) bond motifs is 1. The number of ether oxygens (including phenoxy) is 1. The van der Waals surface area contributed by atoms with Gasteiger partial charge in [0.05, 0.1) is 17.8 Å². The van der Waals surface area contributed by atoms with Crippen LogP contribution in [-0.4, -0.2) is 50.8 Å². The van der Waals surface area contributed by atoms with Crippen LogP contribution in [0.25, 0.3) is 16.6 Å². The molecule has 2 aromatic carbocycles. The molecular weight excluding hydrogens is 426 g/mol. The van der Waals surface area contributed by atoms with Gasteiger partial charge in [0.2, 0.25) is 5.82 Å². The van der Waals surface area contributed by atoms with Crippen molar-refractivity contribution in [1.82, 2.24) is 24.6 Å². The Kier molecular flexibility index (Phi) is 5.35. The number of amides is 1. The number of aromatic amines is 1. The number of halogens is 1. The van der Waals surface area contributed by atoms with E-state index in [-0.39, 0.29) is 11.7 Å². The highest BCUT2D eigenvalue weighted by Crippen LogP contribution is 2.35. The van der Waals surface area contributed by atoms with Gasteiger partial charge in [0, 0.05) is 30.2 Å². The number of H-pyrrole nitrogens is 1. The molecule has 1 saturated heterocycles. The van der Waals surface area contributed by atoms with Gasteiger partial charge in [0.1, 0.15) is 11.6 Å². The van der Waals surface area contributed by atoms with E-state index in [9.17, 15) is 4.79 Å². The smallest absolute Gasteiger partial charge is 0.293 e. The highest BCUT2D eigenvalue weighted by Gasteiger charge is 2.28. The van der Waals surface area contributed by atoms with Gasteiger partial charge in [-0.15, -0.1) is 5.10 Å². The van der Waals surface area contributed by atoms with Crippen LogP contribution < -0.4 is 4.74 Å². The maximum Gasteiger partial charge on any atom is 0.293 e. The molecule has 0 atom stereocenters. The molecule has 8 heteroatoms. The van der Waals surface area contributed by atoms with Crippen molar-refractivity contribution in [1.29, 1.82) is 0 Å². The Morgan fingerprint density at radius 3 is 2.72 bits per heavy atom. The zero-order valence-electron chi connectivity index (χ0n) is 18.0. The van der Waals surface area contributed by atoms with Crippen LogP contribution in [0.2, 0.25) is 5.02 Å². The second-order valence-electron chi connectivity index (χ2n) is 8.07.